The monoisotopic (exact) mass is 346 g/mol. The van der Waals surface area contributed by atoms with E-state index in [1.807, 2.05) is 0 Å². The van der Waals surface area contributed by atoms with Crippen LogP contribution >= 0.6 is 0 Å². The van der Waals surface area contributed by atoms with Crippen LogP contribution < -0.4 is 4.57 Å². The molecule has 0 radical (unpaired) electrons. The molecule has 0 atom stereocenters. The first-order chi connectivity index (χ1) is 12.2. The van der Waals surface area contributed by atoms with Gasteiger partial charge in [-0.2, -0.15) is 0 Å². The molecule has 0 spiro atoms. The minimum atomic E-state index is 0.565. The van der Waals surface area contributed by atoms with Crippen molar-refractivity contribution in [3.05, 3.63) is 30.1 Å². The van der Waals surface area contributed by atoms with E-state index in [1.165, 1.54) is 102 Å². The first-order valence-electron chi connectivity index (χ1n) is 11.2. The maximum atomic E-state index is 2.29. The SMILES string of the molecule is CCCCCCCCCCCCCCCCc1cc[n+](C(C)C)cc1. The lowest BCUT2D eigenvalue weighted by atomic mass is 10.0. The lowest BCUT2D eigenvalue weighted by molar-refractivity contribution is -0.716. The van der Waals surface area contributed by atoms with Gasteiger partial charge in [-0.1, -0.05) is 90.4 Å². The van der Waals surface area contributed by atoms with Gasteiger partial charge in [-0.05, 0) is 32.3 Å². The molecule has 1 nitrogen and oxygen atoms in total. The summed E-state index contributed by atoms with van der Waals surface area (Å²) in [7, 11) is 0. The maximum absolute atomic E-state index is 2.29. The summed E-state index contributed by atoms with van der Waals surface area (Å²) in [6.45, 7) is 6.75. The van der Waals surface area contributed by atoms with Crippen molar-refractivity contribution in [1.82, 2.24) is 0 Å². The molecule has 144 valence electrons. The fraction of sp³-hybridized carbons (Fsp3) is 0.792. The zero-order chi connectivity index (χ0) is 18.2. The van der Waals surface area contributed by atoms with Gasteiger partial charge in [0.1, 0.15) is 0 Å². The molecule has 0 unspecified atom stereocenters. The van der Waals surface area contributed by atoms with Gasteiger partial charge in [-0.25, -0.2) is 4.57 Å². The van der Waals surface area contributed by atoms with Gasteiger partial charge in [0.05, 0.1) is 0 Å². The van der Waals surface area contributed by atoms with Crippen LogP contribution in [-0.2, 0) is 6.42 Å². The third-order valence-corrected chi connectivity index (χ3v) is 5.34. The van der Waals surface area contributed by atoms with Gasteiger partial charge in [-0.3, -0.25) is 0 Å². The van der Waals surface area contributed by atoms with Crippen LogP contribution in [0.25, 0.3) is 0 Å². The standard InChI is InChI=1S/C24H44N/c1-4-5-6-7-8-9-10-11-12-13-14-15-16-17-18-24-19-21-25(22-20-24)23(2)3/h19-23H,4-18H2,1-3H3/q+1. The molecule has 0 bridgehead atoms. The summed E-state index contributed by atoms with van der Waals surface area (Å²) in [6, 6.07) is 5.15. The average Bonchev–Trinajstić information content (AvgIpc) is 2.62. The highest BCUT2D eigenvalue weighted by Crippen LogP contribution is 2.13. The molecule has 0 amide bonds. The van der Waals surface area contributed by atoms with Crippen molar-refractivity contribution in [2.45, 2.75) is 123 Å². The van der Waals surface area contributed by atoms with E-state index < -0.39 is 0 Å². The van der Waals surface area contributed by atoms with Crippen LogP contribution in [0.4, 0.5) is 0 Å². The quantitative estimate of drug-likeness (QED) is 0.214. The molecule has 1 rings (SSSR count). The Hall–Kier alpha value is -0.850. The molecular formula is C24H44N+. The predicted molar refractivity (Wildman–Crippen MR) is 111 cm³/mol. The van der Waals surface area contributed by atoms with Crippen molar-refractivity contribution < 1.29 is 4.57 Å². The van der Waals surface area contributed by atoms with Gasteiger partial charge in [0, 0.05) is 12.1 Å². The second-order valence-corrected chi connectivity index (χ2v) is 8.09. The normalized spacial score (nSPS) is 11.4. The molecular weight excluding hydrogens is 302 g/mol. The summed E-state index contributed by atoms with van der Waals surface area (Å²) in [4.78, 5) is 0. The molecule has 0 aliphatic rings. The summed E-state index contributed by atoms with van der Waals surface area (Å²) in [5.41, 5.74) is 1.50. The molecule has 0 aliphatic carbocycles. The molecule has 0 N–H and O–H groups in total. The van der Waals surface area contributed by atoms with Crippen LogP contribution in [0.1, 0.15) is 122 Å². The number of hydrogen-bond donors (Lipinski definition) is 0. The molecule has 1 heterocycles. The van der Waals surface area contributed by atoms with Gasteiger partial charge in [0.25, 0.3) is 0 Å². The van der Waals surface area contributed by atoms with Gasteiger partial charge in [-0.15, -0.1) is 0 Å². The Morgan fingerprint density at radius 2 is 1.04 bits per heavy atom. The zero-order valence-corrected chi connectivity index (χ0v) is 17.4. The van der Waals surface area contributed by atoms with Crippen molar-refractivity contribution in [1.29, 1.82) is 0 Å². The van der Waals surface area contributed by atoms with Crippen LogP contribution in [0.15, 0.2) is 24.5 Å². The Morgan fingerprint density at radius 3 is 1.44 bits per heavy atom. The molecule has 0 saturated heterocycles. The summed E-state index contributed by atoms with van der Waals surface area (Å²) in [5.74, 6) is 0. The smallest absolute Gasteiger partial charge is 0.169 e. The van der Waals surface area contributed by atoms with Crippen molar-refractivity contribution in [3.8, 4) is 0 Å². The first kappa shape index (κ1) is 22.2. The minimum absolute atomic E-state index is 0.565. The van der Waals surface area contributed by atoms with E-state index in [1.54, 1.807) is 0 Å². The third-order valence-electron chi connectivity index (χ3n) is 5.34. The largest absolute Gasteiger partial charge is 0.203 e. The number of hydrogen-bond acceptors (Lipinski definition) is 0. The molecule has 0 fully saturated rings. The van der Waals surface area contributed by atoms with Crippen molar-refractivity contribution in [2.24, 2.45) is 0 Å². The Bertz CT molecular complexity index is 393. The Kier molecular flexibility index (Phi) is 13.7. The van der Waals surface area contributed by atoms with E-state index in [9.17, 15) is 0 Å². The molecule has 25 heavy (non-hydrogen) atoms. The molecule has 0 aromatic carbocycles. The number of rotatable bonds is 16. The molecule has 0 aliphatic heterocycles. The van der Waals surface area contributed by atoms with Gasteiger partial charge < -0.3 is 0 Å². The summed E-state index contributed by atoms with van der Waals surface area (Å²) in [6.07, 6.45) is 25.8. The van der Waals surface area contributed by atoms with E-state index in [-0.39, 0.29) is 0 Å². The number of aromatic nitrogens is 1. The lowest BCUT2D eigenvalue weighted by Gasteiger charge is -2.04. The average molecular weight is 347 g/mol. The van der Waals surface area contributed by atoms with E-state index in [0.717, 1.165) is 0 Å². The summed E-state index contributed by atoms with van der Waals surface area (Å²) in [5, 5.41) is 0. The highest BCUT2D eigenvalue weighted by molar-refractivity contribution is 5.07. The van der Waals surface area contributed by atoms with Gasteiger partial charge in [0.15, 0.2) is 18.4 Å². The Labute approximate surface area is 158 Å². The number of unbranched alkanes of at least 4 members (excludes halogenated alkanes) is 13. The van der Waals surface area contributed by atoms with E-state index in [2.05, 4.69) is 49.9 Å². The van der Waals surface area contributed by atoms with Crippen LogP contribution in [0.2, 0.25) is 0 Å². The minimum Gasteiger partial charge on any atom is -0.203 e. The second kappa shape index (κ2) is 15.4. The van der Waals surface area contributed by atoms with E-state index in [0.29, 0.717) is 6.04 Å². The third kappa shape index (κ3) is 12.2. The highest BCUT2D eigenvalue weighted by atomic mass is 15.0. The van der Waals surface area contributed by atoms with Gasteiger partial charge in [0.2, 0.25) is 0 Å². The lowest BCUT2D eigenvalue weighted by Crippen LogP contribution is -2.34. The molecule has 1 aromatic rings. The van der Waals surface area contributed by atoms with Crippen LogP contribution in [0.5, 0.6) is 0 Å². The topological polar surface area (TPSA) is 3.88 Å². The fourth-order valence-corrected chi connectivity index (χ4v) is 3.50. The van der Waals surface area contributed by atoms with Crippen LogP contribution in [-0.4, -0.2) is 0 Å². The van der Waals surface area contributed by atoms with Crippen molar-refractivity contribution in [2.75, 3.05) is 0 Å². The molecule has 0 saturated carbocycles. The number of pyridine rings is 1. The summed E-state index contributed by atoms with van der Waals surface area (Å²) >= 11 is 0. The Balaban J connectivity index is 1.84. The van der Waals surface area contributed by atoms with Gasteiger partial charge >= 0.3 is 0 Å². The summed E-state index contributed by atoms with van der Waals surface area (Å²) < 4.78 is 2.27. The number of aryl methyl sites for hydroxylation is 1. The first-order valence-corrected chi connectivity index (χ1v) is 11.2. The highest BCUT2D eigenvalue weighted by Gasteiger charge is 2.04. The Morgan fingerprint density at radius 1 is 0.640 bits per heavy atom. The molecule has 1 aromatic heterocycles. The fourth-order valence-electron chi connectivity index (χ4n) is 3.50. The van der Waals surface area contributed by atoms with Crippen molar-refractivity contribution >= 4 is 0 Å². The van der Waals surface area contributed by atoms with Crippen LogP contribution in [0.3, 0.4) is 0 Å². The maximum Gasteiger partial charge on any atom is 0.169 e. The van der Waals surface area contributed by atoms with E-state index >= 15 is 0 Å². The second-order valence-electron chi connectivity index (χ2n) is 8.09. The molecule has 1 heteroatoms. The van der Waals surface area contributed by atoms with E-state index in [4.69, 9.17) is 0 Å². The number of nitrogens with zero attached hydrogens (tertiary/aromatic N) is 1. The zero-order valence-electron chi connectivity index (χ0n) is 17.4. The van der Waals surface area contributed by atoms with Crippen LogP contribution in [0, 0.1) is 0 Å². The predicted octanol–water partition coefficient (Wildman–Crippen LogP) is 7.58. The van der Waals surface area contributed by atoms with Crippen molar-refractivity contribution in [3.63, 3.8) is 0 Å².